The number of rotatable bonds is 6. The van der Waals surface area contributed by atoms with Crippen LogP contribution in [0, 0.1) is 0 Å². The second-order valence-corrected chi connectivity index (χ2v) is 5.12. The minimum Gasteiger partial charge on any atom is -0.480 e. The average Bonchev–Trinajstić information content (AvgIpc) is 2.57. The first-order chi connectivity index (χ1) is 11.8. The van der Waals surface area contributed by atoms with Gasteiger partial charge in [-0.05, 0) is 24.3 Å². The van der Waals surface area contributed by atoms with E-state index in [-0.39, 0.29) is 0 Å². The zero-order valence-corrected chi connectivity index (χ0v) is 13.4. The summed E-state index contributed by atoms with van der Waals surface area (Å²) in [5.41, 5.74) is 0.459. The van der Waals surface area contributed by atoms with Gasteiger partial charge in [0.05, 0.1) is 11.6 Å². The van der Waals surface area contributed by atoms with E-state index in [4.69, 9.17) is 16.3 Å². The Kier molecular flexibility index (Phi) is 6.02. The Morgan fingerprint density at radius 2 is 2.00 bits per heavy atom. The van der Waals surface area contributed by atoms with Crippen molar-refractivity contribution in [3.8, 4) is 5.75 Å². The molecule has 0 fully saturated rings. The number of pyridine rings is 1. The lowest BCUT2D eigenvalue weighted by molar-refractivity contribution is -0.174. The van der Waals surface area contributed by atoms with Crippen LogP contribution in [0.5, 0.6) is 5.75 Å². The van der Waals surface area contributed by atoms with Gasteiger partial charge < -0.3 is 14.8 Å². The molecule has 0 bridgehead atoms. The highest BCUT2D eigenvalue weighted by Crippen LogP contribution is 2.29. The Hall–Kier alpha value is -2.55. The van der Waals surface area contributed by atoms with Crippen molar-refractivity contribution < 1.29 is 32.2 Å². The molecule has 0 spiro atoms. The number of esters is 1. The number of fused-ring (bicyclic) bond motifs is 1. The van der Waals surface area contributed by atoms with Crippen LogP contribution >= 0.6 is 11.6 Å². The minimum atomic E-state index is -4.98. The second-order valence-electron chi connectivity index (χ2n) is 4.71. The Balaban J connectivity index is 1.81. The van der Waals surface area contributed by atoms with Crippen LogP contribution in [0.4, 0.5) is 13.2 Å². The van der Waals surface area contributed by atoms with E-state index < -0.39 is 37.8 Å². The van der Waals surface area contributed by atoms with Crippen LogP contribution in [-0.2, 0) is 14.3 Å². The summed E-state index contributed by atoms with van der Waals surface area (Å²) in [5.74, 6) is -2.60. The molecule has 0 saturated heterocycles. The maximum Gasteiger partial charge on any atom is 0.471 e. The molecule has 0 aliphatic heterocycles. The first-order valence-corrected chi connectivity index (χ1v) is 7.33. The number of ether oxygens (including phenoxy) is 2. The van der Waals surface area contributed by atoms with Crippen molar-refractivity contribution in [1.82, 2.24) is 10.3 Å². The molecular formula is C15H12ClF3N2O4. The quantitative estimate of drug-likeness (QED) is 0.619. The van der Waals surface area contributed by atoms with Gasteiger partial charge in [0.1, 0.15) is 17.9 Å². The molecule has 1 heterocycles. The van der Waals surface area contributed by atoms with E-state index in [9.17, 15) is 22.8 Å². The molecule has 1 amide bonds. The van der Waals surface area contributed by atoms with E-state index in [0.717, 1.165) is 0 Å². The number of hydrogen-bond acceptors (Lipinski definition) is 5. The molecule has 0 aliphatic rings. The van der Waals surface area contributed by atoms with Crippen molar-refractivity contribution >= 4 is 34.4 Å². The van der Waals surface area contributed by atoms with Crippen LogP contribution in [0.2, 0.25) is 5.02 Å². The molecule has 134 valence electrons. The van der Waals surface area contributed by atoms with Crippen molar-refractivity contribution in [3.05, 3.63) is 35.5 Å². The van der Waals surface area contributed by atoms with E-state index in [1.165, 1.54) is 12.3 Å². The van der Waals surface area contributed by atoms with Gasteiger partial charge in [0.15, 0.2) is 6.61 Å². The van der Waals surface area contributed by atoms with Crippen LogP contribution in [0.3, 0.4) is 0 Å². The third kappa shape index (κ3) is 5.21. The minimum absolute atomic E-state index is 0.308. The standard InChI is InChI=1S/C15H12ClF3N2O4/c16-10-3-4-11(13-9(10)2-1-5-20-13)25-8-12(22)24-7-6-21-14(23)15(17,18)19/h1-5H,6-8H2,(H,21,23). The summed E-state index contributed by atoms with van der Waals surface area (Å²) in [4.78, 5) is 26.2. The molecule has 0 radical (unpaired) electrons. The first-order valence-electron chi connectivity index (χ1n) is 6.95. The number of halogens is 4. The Morgan fingerprint density at radius 1 is 1.24 bits per heavy atom. The molecule has 1 N–H and O–H groups in total. The largest absolute Gasteiger partial charge is 0.480 e. The number of benzene rings is 1. The molecular weight excluding hydrogens is 365 g/mol. The highest BCUT2D eigenvalue weighted by molar-refractivity contribution is 6.35. The van der Waals surface area contributed by atoms with Gasteiger partial charge in [0.25, 0.3) is 0 Å². The van der Waals surface area contributed by atoms with Gasteiger partial charge in [0, 0.05) is 11.6 Å². The summed E-state index contributed by atoms with van der Waals surface area (Å²) in [6, 6.07) is 6.55. The van der Waals surface area contributed by atoms with Gasteiger partial charge in [0.2, 0.25) is 0 Å². The molecule has 10 heteroatoms. The number of amides is 1. The molecule has 6 nitrogen and oxygen atoms in total. The highest BCUT2D eigenvalue weighted by atomic mass is 35.5. The molecule has 1 aromatic heterocycles. The SMILES string of the molecule is O=C(COc1ccc(Cl)c2cccnc12)OCCNC(=O)C(F)(F)F. The fourth-order valence-electron chi connectivity index (χ4n) is 1.84. The summed E-state index contributed by atoms with van der Waals surface area (Å²) in [6.07, 6.45) is -3.44. The third-order valence-electron chi connectivity index (χ3n) is 2.93. The lowest BCUT2D eigenvalue weighted by atomic mass is 10.2. The van der Waals surface area contributed by atoms with Crippen molar-refractivity contribution in [2.24, 2.45) is 0 Å². The number of carbonyl (C=O) groups is 2. The van der Waals surface area contributed by atoms with Gasteiger partial charge in [-0.2, -0.15) is 13.2 Å². The molecule has 2 aromatic rings. The lowest BCUT2D eigenvalue weighted by Gasteiger charge is -2.10. The van der Waals surface area contributed by atoms with Gasteiger partial charge in [-0.1, -0.05) is 11.6 Å². The zero-order chi connectivity index (χ0) is 18.4. The first kappa shape index (κ1) is 18.8. The maximum absolute atomic E-state index is 11.9. The predicted molar refractivity (Wildman–Crippen MR) is 82.3 cm³/mol. The van der Waals surface area contributed by atoms with Gasteiger partial charge in [-0.3, -0.25) is 9.78 Å². The van der Waals surface area contributed by atoms with E-state index in [2.05, 4.69) is 9.72 Å². The summed E-state index contributed by atoms with van der Waals surface area (Å²) >= 11 is 6.03. The Morgan fingerprint density at radius 3 is 2.72 bits per heavy atom. The Bertz CT molecular complexity index is 783. The smallest absolute Gasteiger partial charge is 0.471 e. The fraction of sp³-hybridized carbons (Fsp3) is 0.267. The number of aromatic nitrogens is 1. The zero-order valence-electron chi connectivity index (χ0n) is 12.6. The van der Waals surface area contributed by atoms with Crippen LogP contribution < -0.4 is 10.1 Å². The molecule has 0 saturated carbocycles. The molecule has 1 aromatic carbocycles. The van der Waals surface area contributed by atoms with E-state index in [1.807, 2.05) is 0 Å². The number of alkyl halides is 3. The van der Waals surface area contributed by atoms with Crippen molar-refractivity contribution in [2.75, 3.05) is 19.8 Å². The van der Waals surface area contributed by atoms with Crippen molar-refractivity contribution in [1.29, 1.82) is 0 Å². The number of nitrogens with one attached hydrogen (secondary N) is 1. The summed E-state index contributed by atoms with van der Waals surface area (Å²) in [7, 11) is 0. The van der Waals surface area contributed by atoms with E-state index >= 15 is 0 Å². The average molecular weight is 377 g/mol. The number of hydrogen-bond donors (Lipinski definition) is 1. The van der Waals surface area contributed by atoms with Crippen LogP contribution in [-0.4, -0.2) is 42.8 Å². The van der Waals surface area contributed by atoms with Crippen molar-refractivity contribution in [2.45, 2.75) is 6.18 Å². The maximum atomic E-state index is 11.9. The van der Waals surface area contributed by atoms with Gasteiger partial charge >= 0.3 is 18.1 Å². The molecule has 0 atom stereocenters. The van der Waals surface area contributed by atoms with E-state index in [1.54, 1.807) is 23.5 Å². The summed E-state index contributed by atoms with van der Waals surface area (Å²) in [6.45, 7) is -1.35. The van der Waals surface area contributed by atoms with Crippen LogP contribution in [0.15, 0.2) is 30.5 Å². The predicted octanol–water partition coefficient (Wildman–Crippen LogP) is 2.49. The van der Waals surface area contributed by atoms with Gasteiger partial charge in [-0.25, -0.2) is 4.79 Å². The third-order valence-corrected chi connectivity index (χ3v) is 3.26. The highest BCUT2D eigenvalue weighted by Gasteiger charge is 2.38. The summed E-state index contributed by atoms with van der Waals surface area (Å²) in [5, 5.41) is 2.69. The molecule has 0 aliphatic carbocycles. The van der Waals surface area contributed by atoms with Crippen LogP contribution in [0.1, 0.15) is 0 Å². The monoisotopic (exact) mass is 376 g/mol. The van der Waals surface area contributed by atoms with E-state index in [0.29, 0.717) is 21.7 Å². The van der Waals surface area contributed by atoms with Crippen LogP contribution in [0.25, 0.3) is 10.9 Å². The number of nitrogens with zero attached hydrogens (tertiary/aromatic N) is 1. The normalized spacial score (nSPS) is 11.2. The van der Waals surface area contributed by atoms with Crippen molar-refractivity contribution in [3.63, 3.8) is 0 Å². The Labute approximate surface area is 144 Å². The number of carbonyl (C=O) groups excluding carboxylic acids is 2. The lowest BCUT2D eigenvalue weighted by Crippen LogP contribution is -2.38. The topological polar surface area (TPSA) is 77.5 Å². The van der Waals surface area contributed by atoms with Gasteiger partial charge in [-0.15, -0.1) is 0 Å². The fourth-order valence-corrected chi connectivity index (χ4v) is 2.05. The summed E-state index contributed by atoms with van der Waals surface area (Å²) < 4.78 is 45.8. The molecule has 25 heavy (non-hydrogen) atoms. The molecule has 2 rings (SSSR count). The molecule has 0 unspecified atom stereocenters. The second kappa shape index (κ2) is 8.02.